The molecule has 0 saturated carbocycles. The number of aryl methyl sites for hydroxylation is 1. The van der Waals surface area contributed by atoms with E-state index >= 15 is 0 Å². The van der Waals surface area contributed by atoms with Crippen LogP contribution in [-0.4, -0.2) is 48.5 Å². The molecule has 7 heteroatoms. The van der Waals surface area contributed by atoms with E-state index in [1.807, 2.05) is 47.2 Å². The molecule has 0 saturated heterocycles. The van der Waals surface area contributed by atoms with Gasteiger partial charge in [-0.05, 0) is 54.0 Å². The molecule has 0 fully saturated rings. The van der Waals surface area contributed by atoms with Gasteiger partial charge in [0.05, 0.1) is 13.1 Å². The van der Waals surface area contributed by atoms with E-state index in [0.717, 1.165) is 24.1 Å². The molecule has 0 radical (unpaired) electrons. The molecule has 3 rings (SSSR count). The van der Waals surface area contributed by atoms with Crippen molar-refractivity contribution in [2.75, 3.05) is 31.6 Å². The average Bonchev–Trinajstić information content (AvgIpc) is 3.21. The lowest BCUT2D eigenvalue weighted by Gasteiger charge is -2.32. The maximum Gasteiger partial charge on any atom is 0.256 e. The Morgan fingerprint density at radius 2 is 1.71 bits per heavy atom. The van der Waals surface area contributed by atoms with Crippen LogP contribution in [0.3, 0.4) is 0 Å². The normalized spacial score (nSPS) is 13.5. The maximum absolute atomic E-state index is 13.3. The van der Waals surface area contributed by atoms with E-state index < -0.39 is 0 Å². The van der Waals surface area contributed by atoms with Gasteiger partial charge in [0.25, 0.3) is 5.91 Å². The second-order valence-corrected chi connectivity index (χ2v) is 10.7. The van der Waals surface area contributed by atoms with Gasteiger partial charge in [0, 0.05) is 37.4 Å². The maximum atomic E-state index is 13.3. The van der Waals surface area contributed by atoms with Crippen molar-refractivity contribution in [3.63, 3.8) is 0 Å². The zero-order chi connectivity index (χ0) is 24.9. The van der Waals surface area contributed by atoms with Crippen LogP contribution in [0.2, 0.25) is 5.02 Å². The van der Waals surface area contributed by atoms with E-state index in [1.165, 1.54) is 11.1 Å². The molecule has 0 unspecified atom stereocenters. The fourth-order valence-electron chi connectivity index (χ4n) is 4.18. The van der Waals surface area contributed by atoms with Crippen molar-refractivity contribution in [2.24, 2.45) is 5.41 Å². The first-order valence-corrected chi connectivity index (χ1v) is 12.3. The Hall–Kier alpha value is -2.57. The van der Waals surface area contributed by atoms with Crippen molar-refractivity contribution in [3.05, 3.63) is 64.2 Å². The predicted molar refractivity (Wildman–Crippen MR) is 139 cm³/mol. The highest BCUT2D eigenvalue weighted by Gasteiger charge is 2.27. The van der Waals surface area contributed by atoms with Crippen LogP contribution < -0.4 is 10.2 Å². The summed E-state index contributed by atoms with van der Waals surface area (Å²) in [7, 11) is 1.80. The SMILES string of the molecule is Cc1ccc(Cl)cc1N(CC(=O)NCCCC(C)(C)C)CC(=O)N(C)N1Cc2ccccc2C1. The number of hydrazine groups is 1. The van der Waals surface area contributed by atoms with E-state index in [0.29, 0.717) is 24.7 Å². The van der Waals surface area contributed by atoms with Crippen LogP contribution in [0.4, 0.5) is 5.69 Å². The zero-order valence-electron chi connectivity index (χ0n) is 21.0. The van der Waals surface area contributed by atoms with Gasteiger partial charge in [-0.25, -0.2) is 5.01 Å². The lowest BCUT2D eigenvalue weighted by atomic mass is 9.91. The van der Waals surface area contributed by atoms with Gasteiger partial charge in [-0.15, -0.1) is 0 Å². The van der Waals surface area contributed by atoms with Gasteiger partial charge >= 0.3 is 0 Å². The molecule has 0 bridgehead atoms. The second kappa shape index (κ2) is 11.2. The molecule has 1 aliphatic heterocycles. The van der Waals surface area contributed by atoms with Crippen LogP contribution in [0.1, 0.15) is 50.3 Å². The lowest BCUT2D eigenvalue weighted by Crippen LogP contribution is -2.48. The molecule has 1 N–H and O–H groups in total. The summed E-state index contributed by atoms with van der Waals surface area (Å²) in [4.78, 5) is 27.9. The van der Waals surface area contributed by atoms with Crippen LogP contribution in [0.5, 0.6) is 0 Å². The first kappa shape index (κ1) is 26.0. The van der Waals surface area contributed by atoms with Gasteiger partial charge < -0.3 is 10.2 Å². The summed E-state index contributed by atoms with van der Waals surface area (Å²) >= 11 is 6.27. The fraction of sp³-hybridized carbons (Fsp3) is 0.481. The van der Waals surface area contributed by atoms with Crippen LogP contribution in [0.15, 0.2) is 42.5 Å². The molecule has 0 spiro atoms. The molecule has 2 aromatic rings. The van der Waals surface area contributed by atoms with Gasteiger partial charge in [-0.3, -0.25) is 14.6 Å². The number of amides is 2. The summed E-state index contributed by atoms with van der Waals surface area (Å²) in [5.41, 5.74) is 4.47. The third-order valence-corrected chi connectivity index (χ3v) is 6.44. The Bertz CT molecular complexity index is 993. The lowest BCUT2D eigenvalue weighted by molar-refractivity contribution is -0.145. The van der Waals surface area contributed by atoms with Gasteiger partial charge in [0.2, 0.25) is 5.91 Å². The molecule has 0 aliphatic carbocycles. The van der Waals surface area contributed by atoms with Crippen LogP contribution >= 0.6 is 11.6 Å². The van der Waals surface area contributed by atoms with Gasteiger partial charge in [0.15, 0.2) is 0 Å². The van der Waals surface area contributed by atoms with E-state index in [1.54, 1.807) is 12.1 Å². The number of likely N-dealkylation sites (N-methyl/N-ethyl adjacent to an activating group) is 1. The van der Waals surface area contributed by atoms with E-state index in [-0.39, 0.29) is 30.3 Å². The summed E-state index contributed by atoms with van der Waals surface area (Å²) < 4.78 is 0. The summed E-state index contributed by atoms with van der Waals surface area (Å²) in [5, 5.41) is 7.29. The largest absolute Gasteiger partial charge is 0.355 e. The van der Waals surface area contributed by atoms with Crippen LogP contribution in [0, 0.1) is 12.3 Å². The first-order valence-electron chi connectivity index (χ1n) is 11.9. The summed E-state index contributed by atoms with van der Waals surface area (Å²) in [5.74, 6) is -0.176. The molecule has 184 valence electrons. The van der Waals surface area contributed by atoms with Crippen molar-refractivity contribution in [3.8, 4) is 0 Å². The van der Waals surface area contributed by atoms with Gasteiger partial charge in [0.1, 0.15) is 0 Å². The van der Waals surface area contributed by atoms with Crippen molar-refractivity contribution in [2.45, 2.75) is 53.6 Å². The number of hydrogen-bond donors (Lipinski definition) is 1. The fourth-order valence-corrected chi connectivity index (χ4v) is 4.34. The number of carbonyl (C=O) groups is 2. The van der Waals surface area contributed by atoms with Crippen molar-refractivity contribution < 1.29 is 9.59 Å². The quantitative estimate of drug-likeness (QED) is 0.520. The molecule has 0 aromatic heterocycles. The number of benzene rings is 2. The number of carbonyl (C=O) groups excluding carboxylic acids is 2. The Morgan fingerprint density at radius 3 is 2.32 bits per heavy atom. The molecule has 0 atom stereocenters. The molecule has 2 aromatic carbocycles. The molecule has 6 nitrogen and oxygen atoms in total. The zero-order valence-corrected chi connectivity index (χ0v) is 21.8. The molecule has 1 heterocycles. The second-order valence-electron chi connectivity index (χ2n) is 10.3. The number of anilines is 1. The monoisotopic (exact) mass is 484 g/mol. The van der Waals surface area contributed by atoms with Crippen molar-refractivity contribution >= 4 is 29.1 Å². The first-order chi connectivity index (χ1) is 16.0. The van der Waals surface area contributed by atoms with Gasteiger partial charge in [-0.2, -0.15) is 0 Å². The number of hydrogen-bond acceptors (Lipinski definition) is 4. The Balaban J connectivity index is 1.67. The number of halogens is 1. The molecule has 34 heavy (non-hydrogen) atoms. The number of fused-ring (bicyclic) bond motifs is 1. The number of rotatable bonds is 9. The topological polar surface area (TPSA) is 55.9 Å². The van der Waals surface area contributed by atoms with E-state index in [4.69, 9.17) is 11.6 Å². The van der Waals surface area contributed by atoms with Crippen molar-refractivity contribution in [1.29, 1.82) is 0 Å². The summed E-state index contributed by atoms with van der Waals surface area (Å²) in [6.45, 7) is 10.7. The highest BCUT2D eigenvalue weighted by atomic mass is 35.5. The Labute approximate surface area is 208 Å². The van der Waals surface area contributed by atoms with Crippen LogP contribution in [-0.2, 0) is 22.7 Å². The van der Waals surface area contributed by atoms with E-state index in [9.17, 15) is 9.59 Å². The summed E-state index contributed by atoms with van der Waals surface area (Å²) in [6.07, 6.45) is 1.95. The van der Waals surface area contributed by atoms with E-state index in [2.05, 4.69) is 38.2 Å². The molecular weight excluding hydrogens is 448 g/mol. The van der Waals surface area contributed by atoms with Crippen LogP contribution in [0.25, 0.3) is 0 Å². The highest BCUT2D eigenvalue weighted by Crippen LogP contribution is 2.26. The minimum absolute atomic E-state index is 0.0762. The highest BCUT2D eigenvalue weighted by molar-refractivity contribution is 6.30. The Kier molecular flexibility index (Phi) is 8.61. The number of nitrogens with zero attached hydrogens (tertiary/aromatic N) is 3. The number of nitrogens with one attached hydrogen (secondary N) is 1. The Morgan fingerprint density at radius 1 is 1.06 bits per heavy atom. The predicted octanol–water partition coefficient (Wildman–Crippen LogP) is 4.79. The third-order valence-electron chi connectivity index (χ3n) is 6.21. The smallest absolute Gasteiger partial charge is 0.256 e. The molecule has 1 aliphatic rings. The average molecular weight is 485 g/mol. The standard InChI is InChI=1S/C27H37ClN4O2/c1-20-11-12-23(28)15-24(20)31(18-25(33)29-14-8-13-27(2,3)4)19-26(34)30(5)32-16-21-9-6-7-10-22(21)17-32/h6-7,9-12,15H,8,13-14,16-19H2,1-5H3,(H,29,33). The molecule has 2 amide bonds. The molecular formula is C27H37ClN4O2. The summed E-state index contributed by atoms with van der Waals surface area (Å²) in [6, 6.07) is 13.8. The minimum atomic E-state index is -0.0997. The third kappa shape index (κ3) is 7.21. The van der Waals surface area contributed by atoms with Crippen molar-refractivity contribution in [1.82, 2.24) is 15.3 Å². The minimum Gasteiger partial charge on any atom is -0.355 e. The van der Waals surface area contributed by atoms with Gasteiger partial charge in [-0.1, -0.05) is 62.7 Å².